The Morgan fingerprint density at radius 2 is 2.26 bits per heavy atom. The standard InChI is InChI=1S/C12H18N4OS2/c1-7(13)4-5-14-10(17)8-6-9-11(18-8)15-12(19-9)16(2)3/h6-7H,4-5,13H2,1-3H3,(H,14,17). The fourth-order valence-electron chi connectivity index (χ4n) is 1.53. The minimum Gasteiger partial charge on any atom is -0.354 e. The minimum absolute atomic E-state index is 0.0396. The Morgan fingerprint density at radius 1 is 1.53 bits per heavy atom. The van der Waals surface area contributed by atoms with Gasteiger partial charge in [-0.2, -0.15) is 0 Å². The number of carbonyl (C=O) groups excluding carboxylic acids is 1. The molecule has 0 bridgehead atoms. The smallest absolute Gasteiger partial charge is 0.261 e. The van der Waals surface area contributed by atoms with Crippen molar-refractivity contribution in [1.29, 1.82) is 0 Å². The first-order valence-corrected chi connectivity index (χ1v) is 7.72. The van der Waals surface area contributed by atoms with Crippen LogP contribution in [0, 0.1) is 0 Å². The van der Waals surface area contributed by atoms with Crippen LogP contribution < -0.4 is 16.0 Å². The van der Waals surface area contributed by atoms with E-state index in [4.69, 9.17) is 5.73 Å². The van der Waals surface area contributed by atoms with Crippen LogP contribution in [0.15, 0.2) is 6.07 Å². The van der Waals surface area contributed by atoms with E-state index in [1.165, 1.54) is 11.3 Å². The average Bonchev–Trinajstić information content (AvgIpc) is 2.85. The van der Waals surface area contributed by atoms with Crippen molar-refractivity contribution in [3.05, 3.63) is 10.9 Å². The lowest BCUT2D eigenvalue weighted by Gasteiger charge is -2.06. The zero-order chi connectivity index (χ0) is 14.0. The summed E-state index contributed by atoms with van der Waals surface area (Å²) in [5, 5.41) is 3.84. The van der Waals surface area contributed by atoms with Crippen molar-refractivity contribution in [3.63, 3.8) is 0 Å². The highest BCUT2D eigenvalue weighted by molar-refractivity contribution is 7.29. The van der Waals surface area contributed by atoms with Crippen LogP contribution in [0.25, 0.3) is 9.53 Å². The fraction of sp³-hybridized carbons (Fsp3) is 0.500. The van der Waals surface area contributed by atoms with Gasteiger partial charge in [-0.15, -0.1) is 11.3 Å². The number of thiophene rings is 1. The third-order valence-electron chi connectivity index (χ3n) is 2.57. The van der Waals surface area contributed by atoms with Crippen LogP contribution in [0.2, 0.25) is 0 Å². The molecule has 2 aromatic heterocycles. The van der Waals surface area contributed by atoms with E-state index < -0.39 is 0 Å². The fourth-order valence-corrected chi connectivity index (χ4v) is 3.58. The summed E-state index contributed by atoms with van der Waals surface area (Å²) in [7, 11) is 3.92. The molecule has 0 saturated heterocycles. The van der Waals surface area contributed by atoms with Gasteiger partial charge < -0.3 is 16.0 Å². The Morgan fingerprint density at radius 3 is 2.84 bits per heavy atom. The first-order valence-electron chi connectivity index (χ1n) is 6.09. The molecule has 2 aromatic rings. The molecule has 1 amide bonds. The Hall–Kier alpha value is -1.18. The average molecular weight is 298 g/mol. The van der Waals surface area contributed by atoms with E-state index >= 15 is 0 Å². The molecule has 0 aliphatic heterocycles. The number of anilines is 1. The number of rotatable bonds is 5. The number of amides is 1. The molecule has 3 N–H and O–H groups in total. The number of hydrogen-bond acceptors (Lipinski definition) is 6. The summed E-state index contributed by atoms with van der Waals surface area (Å²) in [5.74, 6) is -0.0396. The molecule has 0 saturated carbocycles. The van der Waals surface area contributed by atoms with Gasteiger partial charge in [0.2, 0.25) is 0 Å². The van der Waals surface area contributed by atoms with Gasteiger partial charge >= 0.3 is 0 Å². The third-order valence-corrected chi connectivity index (χ3v) is 4.90. The van der Waals surface area contributed by atoms with Crippen LogP contribution in [0.5, 0.6) is 0 Å². The van der Waals surface area contributed by atoms with Gasteiger partial charge in [-0.1, -0.05) is 11.3 Å². The minimum atomic E-state index is -0.0396. The highest BCUT2D eigenvalue weighted by atomic mass is 32.1. The van der Waals surface area contributed by atoms with Gasteiger partial charge in [0.15, 0.2) is 5.13 Å². The summed E-state index contributed by atoms with van der Waals surface area (Å²) in [6, 6.07) is 2.02. The van der Waals surface area contributed by atoms with E-state index in [0.717, 1.165) is 21.1 Å². The predicted octanol–water partition coefficient (Wildman–Crippen LogP) is 1.89. The summed E-state index contributed by atoms with van der Waals surface area (Å²) in [5.41, 5.74) is 5.65. The van der Waals surface area contributed by atoms with Crippen LogP contribution in [0.1, 0.15) is 23.0 Å². The summed E-state index contributed by atoms with van der Waals surface area (Å²) in [6.45, 7) is 2.54. The van der Waals surface area contributed by atoms with Crippen molar-refractivity contribution in [3.8, 4) is 0 Å². The highest BCUT2D eigenvalue weighted by Crippen LogP contribution is 2.33. The maximum atomic E-state index is 11.9. The molecule has 2 rings (SSSR count). The second-order valence-electron chi connectivity index (χ2n) is 4.69. The van der Waals surface area contributed by atoms with Gasteiger partial charge in [0.1, 0.15) is 4.83 Å². The second-order valence-corrected chi connectivity index (χ2v) is 6.73. The quantitative estimate of drug-likeness (QED) is 0.884. The zero-order valence-electron chi connectivity index (χ0n) is 11.3. The molecular weight excluding hydrogens is 280 g/mol. The zero-order valence-corrected chi connectivity index (χ0v) is 12.9. The molecule has 0 aromatic carbocycles. The Balaban J connectivity index is 2.04. The lowest BCUT2D eigenvalue weighted by atomic mass is 10.2. The van der Waals surface area contributed by atoms with E-state index in [1.807, 2.05) is 32.0 Å². The summed E-state index contributed by atoms with van der Waals surface area (Å²) in [6.07, 6.45) is 0.786. The summed E-state index contributed by atoms with van der Waals surface area (Å²) in [4.78, 5) is 20.0. The Bertz CT molecular complexity index is 542. The van der Waals surface area contributed by atoms with E-state index in [0.29, 0.717) is 11.4 Å². The summed E-state index contributed by atoms with van der Waals surface area (Å²) >= 11 is 3.03. The van der Waals surface area contributed by atoms with Gasteiger partial charge in [-0.25, -0.2) is 4.98 Å². The van der Waals surface area contributed by atoms with E-state index in [1.54, 1.807) is 11.3 Å². The normalized spacial score (nSPS) is 12.6. The molecule has 5 nitrogen and oxygen atoms in total. The maximum Gasteiger partial charge on any atom is 0.261 e. The molecule has 104 valence electrons. The van der Waals surface area contributed by atoms with Crippen LogP contribution in [0.4, 0.5) is 5.13 Å². The first-order chi connectivity index (χ1) is 8.97. The SMILES string of the molecule is CC(N)CCNC(=O)c1cc2sc(N(C)C)nc2s1. The molecule has 0 aliphatic rings. The van der Waals surface area contributed by atoms with E-state index in [2.05, 4.69) is 10.3 Å². The van der Waals surface area contributed by atoms with Gasteiger partial charge in [0.25, 0.3) is 5.91 Å². The monoisotopic (exact) mass is 298 g/mol. The van der Waals surface area contributed by atoms with Gasteiger partial charge in [-0.05, 0) is 19.4 Å². The van der Waals surface area contributed by atoms with Gasteiger partial charge in [0.05, 0.1) is 9.58 Å². The number of fused-ring (bicyclic) bond motifs is 1. The lowest BCUT2D eigenvalue weighted by molar-refractivity contribution is 0.0957. The molecule has 0 spiro atoms. The molecule has 7 heteroatoms. The van der Waals surface area contributed by atoms with Crippen molar-refractivity contribution in [2.24, 2.45) is 5.73 Å². The number of nitrogens with one attached hydrogen (secondary N) is 1. The van der Waals surface area contributed by atoms with Crippen LogP contribution >= 0.6 is 22.7 Å². The Labute approximate surface area is 120 Å². The van der Waals surface area contributed by atoms with E-state index in [9.17, 15) is 4.79 Å². The largest absolute Gasteiger partial charge is 0.354 e. The molecule has 1 unspecified atom stereocenters. The van der Waals surface area contributed by atoms with Gasteiger partial charge in [0, 0.05) is 26.7 Å². The highest BCUT2D eigenvalue weighted by Gasteiger charge is 2.14. The van der Waals surface area contributed by atoms with Crippen molar-refractivity contribution < 1.29 is 4.79 Å². The van der Waals surface area contributed by atoms with Crippen LogP contribution in [-0.2, 0) is 0 Å². The number of hydrogen-bond donors (Lipinski definition) is 2. The topological polar surface area (TPSA) is 71.2 Å². The molecule has 0 aliphatic carbocycles. The van der Waals surface area contributed by atoms with E-state index in [-0.39, 0.29) is 11.9 Å². The number of thiazole rings is 1. The first kappa shape index (κ1) is 14.2. The maximum absolute atomic E-state index is 11.9. The van der Waals surface area contributed by atoms with Crippen molar-refractivity contribution in [2.75, 3.05) is 25.5 Å². The Kier molecular flexibility index (Phi) is 4.38. The predicted molar refractivity (Wildman–Crippen MR) is 82.4 cm³/mol. The van der Waals surface area contributed by atoms with Crippen molar-refractivity contribution in [2.45, 2.75) is 19.4 Å². The molecule has 0 radical (unpaired) electrons. The number of carbonyl (C=O) groups is 1. The van der Waals surface area contributed by atoms with Crippen LogP contribution in [-0.4, -0.2) is 37.6 Å². The van der Waals surface area contributed by atoms with Crippen molar-refractivity contribution in [1.82, 2.24) is 10.3 Å². The lowest BCUT2D eigenvalue weighted by Crippen LogP contribution is -2.28. The van der Waals surface area contributed by atoms with Crippen molar-refractivity contribution >= 4 is 43.2 Å². The second kappa shape index (κ2) is 5.85. The third kappa shape index (κ3) is 3.43. The molecule has 2 heterocycles. The number of aromatic nitrogens is 1. The molecular formula is C12H18N4OS2. The number of nitrogens with two attached hydrogens (primary N) is 1. The summed E-state index contributed by atoms with van der Waals surface area (Å²) < 4.78 is 1.06. The molecule has 1 atom stereocenters. The van der Waals surface area contributed by atoms with Gasteiger partial charge in [-0.3, -0.25) is 4.79 Å². The molecule has 0 fully saturated rings. The number of nitrogens with zero attached hydrogens (tertiary/aromatic N) is 2. The van der Waals surface area contributed by atoms with Crippen LogP contribution in [0.3, 0.4) is 0 Å². The molecule has 19 heavy (non-hydrogen) atoms.